The van der Waals surface area contributed by atoms with E-state index in [1.807, 2.05) is 24.3 Å². The van der Waals surface area contributed by atoms with Crippen molar-refractivity contribution < 1.29 is 32.2 Å². The second kappa shape index (κ2) is 11.8. The Bertz CT molecular complexity index is 1360. The molecule has 0 aliphatic carbocycles. The second-order valence-electron chi connectivity index (χ2n) is 8.34. The Morgan fingerprint density at radius 2 is 1.84 bits per heavy atom. The van der Waals surface area contributed by atoms with Gasteiger partial charge in [-0.25, -0.2) is 8.42 Å². The first-order chi connectivity index (χ1) is 17.8. The van der Waals surface area contributed by atoms with Crippen LogP contribution >= 0.6 is 11.3 Å². The predicted octanol–water partition coefficient (Wildman–Crippen LogP) is 3.30. The minimum Gasteiger partial charge on any atom is -0.493 e. The van der Waals surface area contributed by atoms with Crippen molar-refractivity contribution in [1.29, 1.82) is 0 Å². The lowest BCUT2D eigenvalue weighted by atomic mass is 9.92. The summed E-state index contributed by atoms with van der Waals surface area (Å²) in [5, 5.41) is 4.40. The van der Waals surface area contributed by atoms with Crippen molar-refractivity contribution in [3.8, 4) is 11.5 Å². The molecule has 2 aromatic carbocycles. The lowest BCUT2D eigenvalue weighted by Crippen LogP contribution is -2.41. The molecule has 0 bridgehead atoms. The number of nitrogens with one attached hydrogen (secondary N) is 1. The van der Waals surface area contributed by atoms with Crippen molar-refractivity contribution in [1.82, 2.24) is 9.62 Å². The number of hydrogen-bond acceptors (Lipinski definition) is 8. The molecule has 4 rings (SSSR count). The van der Waals surface area contributed by atoms with E-state index in [2.05, 4.69) is 5.32 Å². The molecule has 0 saturated carbocycles. The molecule has 0 fully saturated rings. The van der Waals surface area contributed by atoms with Crippen molar-refractivity contribution in [2.45, 2.75) is 29.6 Å². The molecule has 1 aliphatic rings. The zero-order valence-corrected chi connectivity index (χ0v) is 22.1. The number of ether oxygens (including phenoxy) is 3. The summed E-state index contributed by atoms with van der Waals surface area (Å²) in [6, 6.07) is 15.3. The maximum atomic E-state index is 13.3. The van der Waals surface area contributed by atoms with E-state index in [-0.39, 0.29) is 23.7 Å². The highest BCUT2D eigenvalue weighted by Gasteiger charge is 2.38. The van der Waals surface area contributed by atoms with Gasteiger partial charge in [0.2, 0.25) is 0 Å². The van der Waals surface area contributed by atoms with Crippen molar-refractivity contribution in [2.75, 3.05) is 27.4 Å². The number of thiophene rings is 1. The van der Waals surface area contributed by atoms with Gasteiger partial charge in [0.1, 0.15) is 4.21 Å². The van der Waals surface area contributed by atoms with E-state index in [0.717, 1.165) is 28.0 Å². The van der Waals surface area contributed by atoms with E-state index < -0.39 is 34.5 Å². The van der Waals surface area contributed by atoms with Crippen molar-refractivity contribution >= 4 is 33.2 Å². The SMILES string of the molecule is COc1ccc(CNC(=O)COC(=O)CC2c3ccccc3CCN2S(=O)(=O)c2cccs2)cc1OC. The van der Waals surface area contributed by atoms with E-state index in [4.69, 9.17) is 14.2 Å². The van der Waals surface area contributed by atoms with Gasteiger partial charge < -0.3 is 19.5 Å². The molecule has 9 nitrogen and oxygen atoms in total. The standard InChI is InChI=1S/C26H28N2O7S2/c1-33-22-10-9-18(14-23(22)34-2)16-27-24(29)17-35-25(30)15-21-20-7-4-3-6-19(20)11-12-28(21)37(31,32)26-8-5-13-36-26/h3-10,13-14,21H,11-12,15-17H2,1-2H3,(H,27,29). The molecule has 1 aliphatic heterocycles. The van der Waals surface area contributed by atoms with Gasteiger partial charge in [-0.3, -0.25) is 9.59 Å². The van der Waals surface area contributed by atoms with Crippen molar-refractivity contribution in [3.63, 3.8) is 0 Å². The molecular weight excluding hydrogens is 516 g/mol. The van der Waals surface area contributed by atoms with Gasteiger partial charge in [-0.1, -0.05) is 36.4 Å². The Hall–Kier alpha value is -3.41. The molecule has 1 N–H and O–H groups in total. The summed E-state index contributed by atoms with van der Waals surface area (Å²) in [5.74, 6) is -0.0222. The van der Waals surface area contributed by atoms with Crippen LogP contribution in [0.2, 0.25) is 0 Å². The first kappa shape index (κ1) is 26.6. The third-order valence-electron chi connectivity index (χ3n) is 6.08. The van der Waals surface area contributed by atoms with E-state index in [1.54, 1.807) is 35.7 Å². The molecule has 1 aromatic heterocycles. The zero-order valence-electron chi connectivity index (χ0n) is 20.5. The summed E-state index contributed by atoms with van der Waals surface area (Å²) in [5.41, 5.74) is 2.54. The van der Waals surface area contributed by atoms with E-state index in [0.29, 0.717) is 17.9 Å². The fraction of sp³-hybridized carbons (Fsp3) is 0.308. The average molecular weight is 545 g/mol. The lowest BCUT2D eigenvalue weighted by Gasteiger charge is -2.35. The molecule has 196 valence electrons. The molecule has 1 unspecified atom stereocenters. The number of fused-ring (bicyclic) bond motifs is 1. The molecule has 1 amide bonds. The normalized spacial score (nSPS) is 15.5. The van der Waals surface area contributed by atoms with E-state index in [9.17, 15) is 18.0 Å². The molecule has 11 heteroatoms. The average Bonchev–Trinajstić information content (AvgIpc) is 3.47. The van der Waals surface area contributed by atoms with Crippen molar-refractivity contribution in [2.24, 2.45) is 0 Å². The maximum Gasteiger partial charge on any atom is 0.308 e. The van der Waals surface area contributed by atoms with Gasteiger partial charge in [-0.15, -0.1) is 11.3 Å². The molecule has 3 aromatic rings. The third-order valence-corrected chi connectivity index (χ3v) is 9.36. The number of rotatable bonds is 10. The number of carbonyl (C=O) groups is 2. The van der Waals surface area contributed by atoms with Crippen LogP contribution < -0.4 is 14.8 Å². The van der Waals surface area contributed by atoms with Gasteiger partial charge >= 0.3 is 5.97 Å². The number of nitrogens with zero attached hydrogens (tertiary/aromatic N) is 1. The number of sulfonamides is 1. The smallest absolute Gasteiger partial charge is 0.308 e. The largest absolute Gasteiger partial charge is 0.493 e. The quantitative estimate of drug-likeness (QED) is 0.390. The highest BCUT2D eigenvalue weighted by Crippen LogP contribution is 2.37. The van der Waals surface area contributed by atoms with Crippen LogP contribution in [0.3, 0.4) is 0 Å². The zero-order chi connectivity index (χ0) is 26.4. The second-order valence-corrected chi connectivity index (χ2v) is 11.4. The maximum absolute atomic E-state index is 13.3. The summed E-state index contributed by atoms with van der Waals surface area (Å²) >= 11 is 1.13. The minimum absolute atomic E-state index is 0.204. The van der Waals surface area contributed by atoms with Gasteiger partial charge in [0.25, 0.3) is 15.9 Å². The molecule has 37 heavy (non-hydrogen) atoms. The molecule has 0 radical (unpaired) electrons. The predicted molar refractivity (Wildman–Crippen MR) is 138 cm³/mol. The first-order valence-corrected chi connectivity index (χ1v) is 13.9. The molecule has 0 saturated heterocycles. The van der Waals surface area contributed by atoms with Crippen LogP contribution in [0.5, 0.6) is 11.5 Å². The van der Waals surface area contributed by atoms with Crippen LogP contribution in [-0.4, -0.2) is 52.0 Å². The fourth-order valence-electron chi connectivity index (χ4n) is 4.26. The van der Waals surface area contributed by atoms with Crippen LogP contribution in [0.4, 0.5) is 0 Å². The van der Waals surface area contributed by atoms with Gasteiger partial charge in [0.15, 0.2) is 18.1 Å². The fourth-order valence-corrected chi connectivity index (χ4v) is 6.98. The monoisotopic (exact) mass is 544 g/mol. The number of esters is 1. The van der Waals surface area contributed by atoms with E-state index >= 15 is 0 Å². The Balaban J connectivity index is 1.39. The lowest BCUT2D eigenvalue weighted by molar-refractivity contribution is -0.149. The Kier molecular flexibility index (Phi) is 8.47. The molecule has 0 spiro atoms. The topological polar surface area (TPSA) is 111 Å². The van der Waals surface area contributed by atoms with Gasteiger partial charge in [-0.05, 0) is 46.7 Å². The number of hydrogen-bond donors (Lipinski definition) is 1. The van der Waals surface area contributed by atoms with E-state index in [1.165, 1.54) is 18.5 Å². The number of methoxy groups -OCH3 is 2. The summed E-state index contributed by atoms with van der Waals surface area (Å²) in [6.07, 6.45) is 0.343. The summed E-state index contributed by atoms with van der Waals surface area (Å²) < 4.78 is 43.9. The Labute approximate surface area is 220 Å². The third kappa shape index (κ3) is 6.12. The van der Waals surface area contributed by atoms with Crippen LogP contribution in [-0.2, 0) is 37.3 Å². The summed E-state index contributed by atoms with van der Waals surface area (Å²) in [4.78, 5) is 25.1. The highest BCUT2D eigenvalue weighted by atomic mass is 32.2. The van der Waals surface area contributed by atoms with Crippen LogP contribution in [0, 0.1) is 0 Å². The summed E-state index contributed by atoms with van der Waals surface area (Å²) in [6.45, 7) is -0.0151. The number of amides is 1. The Morgan fingerprint density at radius 1 is 1.05 bits per heavy atom. The summed E-state index contributed by atoms with van der Waals surface area (Å²) in [7, 11) is -0.729. The number of carbonyl (C=O) groups excluding carboxylic acids is 2. The van der Waals surface area contributed by atoms with Gasteiger partial charge in [0.05, 0.1) is 26.7 Å². The van der Waals surface area contributed by atoms with Gasteiger partial charge in [-0.2, -0.15) is 4.31 Å². The minimum atomic E-state index is -3.79. The van der Waals surface area contributed by atoms with Crippen LogP contribution in [0.15, 0.2) is 64.2 Å². The van der Waals surface area contributed by atoms with Crippen LogP contribution in [0.1, 0.15) is 29.2 Å². The number of benzene rings is 2. The highest BCUT2D eigenvalue weighted by molar-refractivity contribution is 7.91. The molecule has 1 atom stereocenters. The Morgan fingerprint density at radius 3 is 2.57 bits per heavy atom. The molecular formula is C26H28N2O7S2. The van der Waals surface area contributed by atoms with Crippen LogP contribution in [0.25, 0.3) is 0 Å². The molecule has 2 heterocycles. The first-order valence-electron chi connectivity index (χ1n) is 11.6. The van der Waals surface area contributed by atoms with Crippen molar-refractivity contribution in [3.05, 3.63) is 76.7 Å². The van der Waals surface area contributed by atoms with Gasteiger partial charge in [0, 0.05) is 13.1 Å².